The molecular formula is C29H19NO6. The zero-order valence-electron chi connectivity index (χ0n) is 19.2. The summed E-state index contributed by atoms with van der Waals surface area (Å²) in [5.74, 6) is -0.439. The van der Waals surface area contributed by atoms with Crippen LogP contribution in [0.1, 0.15) is 49.7 Å². The third kappa shape index (κ3) is 3.62. The number of ether oxygens (including phenoxy) is 3. The van der Waals surface area contributed by atoms with E-state index in [1.54, 1.807) is 48.7 Å². The zero-order chi connectivity index (χ0) is 24.8. The maximum Gasteiger partial charge on any atom is 0.337 e. The zero-order valence-corrected chi connectivity index (χ0v) is 19.2. The molecule has 0 saturated carbocycles. The number of hydrogen-bond donors (Lipinski definition) is 0. The lowest BCUT2D eigenvalue weighted by Gasteiger charge is -2.26. The van der Waals surface area contributed by atoms with Crippen molar-refractivity contribution in [1.82, 2.24) is 4.98 Å². The van der Waals surface area contributed by atoms with Crippen molar-refractivity contribution < 1.29 is 28.6 Å². The fourth-order valence-corrected chi connectivity index (χ4v) is 4.69. The van der Waals surface area contributed by atoms with Gasteiger partial charge in [-0.2, -0.15) is 0 Å². The number of nitrogens with zero attached hydrogens (tertiary/aromatic N) is 1. The van der Waals surface area contributed by atoms with Crippen LogP contribution in [0.15, 0.2) is 78.7 Å². The number of hydrogen-bond acceptors (Lipinski definition) is 7. The van der Waals surface area contributed by atoms with Crippen molar-refractivity contribution in [3.8, 4) is 11.5 Å². The minimum Gasteiger partial charge on any atom is -0.465 e. The van der Waals surface area contributed by atoms with Gasteiger partial charge in [-0.05, 0) is 59.7 Å². The van der Waals surface area contributed by atoms with Crippen molar-refractivity contribution in [2.45, 2.75) is 12.3 Å². The van der Waals surface area contributed by atoms with E-state index in [9.17, 15) is 14.4 Å². The van der Waals surface area contributed by atoms with Crippen molar-refractivity contribution in [2.75, 3.05) is 7.11 Å². The molecule has 0 fully saturated rings. The summed E-state index contributed by atoms with van der Waals surface area (Å²) >= 11 is 0. The van der Waals surface area contributed by atoms with E-state index in [2.05, 4.69) is 4.98 Å². The largest absolute Gasteiger partial charge is 0.465 e. The highest BCUT2D eigenvalue weighted by atomic mass is 16.5. The van der Waals surface area contributed by atoms with Crippen LogP contribution in [0.5, 0.6) is 11.5 Å². The fourth-order valence-electron chi connectivity index (χ4n) is 4.69. The molecule has 0 bridgehead atoms. The summed E-state index contributed by atoms with van der Waals surface area (Å²) in [6.07, 6.45) is 3.49. The van der Waals surface area contributed by atoms with E-state index in [1.165, 1.54) is 7.11 Å². The number of carbonyl (C=O) groups is 3. The molecule has 0 radical (unpaired) electrons. The normalized spacial score (nSPS) is 17.4. The van der Waals surface area contributed by atoms with E-state index in [0.29, 0.717) is 33.8 Å². The van der Waals surface area contributed by atoms with Gasteiger partial charge in [-0.15, -0.1) is 0 Å². The van der Waals surface area contributed by atoms with E-state index in [1.807, 2.05) is 30.3 Å². The van der Waals surface area contributed by atoms with Crippen LogP contribution in [-0.4, -0.2) is 29.8 Å². The molecular weight excluding hydrogens is 458 g/mol. The quantitative estimate of drug-likeness (QED) is 0.231. The van der Waals surface area contributed by atoms with Gasteiger partial charge in [0, 0.05) is 23.1 Å². The maximum atomic E-state index is 13.2. The van der Waals surface area contributed by atoms with Crippen LogP contribution in [-0.2, 0) is 9.53 Å². The molecule has 0 amide bonds. The maximum absolute atomic E-state index is 13.2. The Morgan fingerprint density at radius 2 is 1.86 bits per heavy atom. The molecule has 176 valence electrons. The molecule has 0 N–H and O–H groups in total. The van der Waals surface area contributed by atoms with Gasteiger partial charge in [0.2, 0.25) is 5.78 Å². The molecule has 4 aromatic rings. The lowest BCUT2D eigenvalue weighted by Crippen LogP contribution is -2.21. The Morgan fingerprint density at radius 3 is 2.67 bits per heavy atom. The van der Waals surface area contributed by atoms with Gasteiger partial charge >= 0.3 is 11.9 Å². The number of methoxy groups -OCH3 is 1. The van der Waals surface area contributed by atoms with Crippen LogP contribution in [0, 0.1) is 0 Å². The average Bonchev–Trinajstić information content (AvgIpc) is 3.22. The predicted molar refractivity (Wildman–Crippen MR) is 131 cm³/mol. The highest BCUT2D eigenvalue weighted by Crippen LogP contribution is 2.49. The second kappa shape index (κ2) is 8.46. The Bertz CT molecular complexity index is 1600. The number of rotatable bonds is 3. The molecule has 7 heteroatoms. The summed E-state index contributed by atoms with van der Waals surface area (Å²) in [6, 6.07) is 19.6. The number of Topliss-reactive ketones (excluding diaryl/α,β-unsaturated/α-hetero) is 1. The first-order valence-corrected chi connectivity index (χ1v) is 11.4. The van der Waals surface area contributed by atoms with Gasteiger partial charge in [0.25, 0.3) is 0 Å². The summed E-state index contributed by atoms with van der Waals surface area (Å²) in [5, 5.41) is 0.955. The van der Waals surface area contributed by atoms with Gasteiger partial charge in [0.15, 0.2) is 5.76 Å². The van der Waals surface area contributed by atoms with Gasteiger partial charge in [-0.3, -0.25) is 14.6 Å². The number of esters is 2. The van der Waals surface area contributed by atoms with Gasteiger partial charge in [0.05, 0.1) is 30.2 Å². The monoisotopic (exact) mass is 477 g/mol. The highest BCUT2D eigenvalue weighted by Gasteiger charge is 2.38. The third-order valence-electron chi connectivity index (χ3n) is 6.44. The van der Waals surface area contributed by atoms with Crippen LogP contribution < -0.4 is 9.47 Å². The van der Waals surface area contributed by atoms with Crippen molar-refractivity contribution >= 4 is 34.7 Å². The lowest BCUT2D eigenvalue weighted by molar-refractivity contribution is -0.135. The molecule has 0 spiro atoms. The van der Waals surface area contributed by atoms with E-state index in [-0.39, 0.29) is 29.9 Å². The molecule has 0 aliphatic carbocycles. The van der Waals surface area contributed by atoms with Crippen LogP contribution in [0.3, 0.4) is 0 Å². The Hall–Kier alpha value is -4.78. The first-order chi connectivity index (χ1) is 17.5. The molecule has 2 aliphatic heterocycles. The lowest BCUT2D eigenvalue weighted by atomic mass is 9.84. The van der Waals surface area contributed by atoms with Gasteiger partial charge in [0.1, 0.15) is 11.5 Å². The smallest absolute Gasteiger partial charge is 0.337 e. The first kappa shape index (κ1) is 21.7. The molecule has 1 aromatic heterocycles. The number of benzene rings is 3. The Balaban J connectivity index is 1.40. The van der Waals surface area contributed by atoms with Crippen LogP contribution in [0.25, 0.3) is 17.0 Å². The SMILES string of the molecule is COC(=O)c1ccc(/C=C2\Oc3c(ccc4c3[C@@H](c3ccc5ncccc5c3)CC(=O)O4)C2=O)cc1. The van der Waals surface area contributed by atoms with Gasteiger partial charge < -0.3 is 14.2 Å². The molecule has 1 atom stereocenters. The first-order valence-electron chi connectivity index (χ1n) is 11.4. The second-order valence-electron chi connectivity index (χ2n) is 8.59. The predicted octanol–water partition coefficient (Wildman–Crippen LogP) is 5.08. The molecule has 3 aromatic carbocycles. The summed E-state index contributed by atoms with van der Waals surface area (Å²) in [4.78, 5) is 41.7. The molecule has 0 saturated heterocycles. The molecule has 0 unspecified atom stereocenters. The van der Waals surface area contributed by atoms with Gasteiger partial charge in [-0.1, -0.05) is 24.3 Å². The molecule has 6 rings (SSSR count). The highest BCUT2D eigenvalue weighted by molar-refractivity contribution is 6.15. The number of fused-ring (bicyclic) bond motifs is 4. The number of carbonyl (C=O) groups excluding carboxylic acids is 3. The van der Waals surface area contributed by atoms with Crippen molar-refractivity contribution in [1.29, 1.82) is 0 Å². The summed E-state index contributed by atoms with van der Waals surface area (Å²) in [7, 11) is 1.32. The van der Waals surface area contributed by atoms with E-state index < -0.39 is 5.97 Å². The molecule has 2 aliphatic rings. The van der Waals surface area contributed by atoms with Crippen molar-refractivity contribution in [3.63, 3.8) is 0 Å². The van der Waals surface area contributed by atoms with Crippen LogP contribution >= 0.6 is 0 Å². The summed E-state index contributed by atoms with van der Waals surface area (Å²) < 4.78 is 16.4. The molecule has 7 nitrogen and oxygen atoms in total. The van der Waals surface area contributed by atoms with Crippen molar-refractivity contribution in [3.05, 3.63) is 107 Å². The Morgan fingerprint density at radius 1 is 1.03 bits per heavy atom. The topological polar surface area (TPSA) is 91.8 Å². The Kier molecular flexibility index (Phi) is 5.11. The minimum atomic E-state index is -0.438. The fraction of sp³-hybridized carbons (Fsp3) is 0.103. The van der Waals surface area contributed by atoms with Crippen LogP contribution in [0.4, 0.5) is 0 Å². The van der Waals surface area contributed by atoms with E-state index in [0.717, 1.165) is 16.5 Å². The molecule has 36 heavy (non-hydrogen) atoms. The minimum absolute atomic E-state index is 0.126. The summed E-state index contributed by atoms with van der Waals surface area (Å²) in [5.41, 5.74) is 3.95. The average molecular weight is 477 g/mol. The second-order valence-corrected chi connectivity index (χ2v) is 8.59. The van der Waals surface area contributed by atoms with Gasteiger partial charge in [-0.25, -0.2) is 4.79 Å². The standard InChI is InChI=1S/C29H19NO6/c1-34-29(33)17-6-4-16(5-7-17)13-24-27(32)20-9-11-23-26(28(20)36-24)21(15-25(31)35-23)18-8-10-22-19(14-18)3-2-12-30-22/h2-14,21H,15H2,1H3/b24-13-/t21-/m1/s1. The molecule has 3 heterocycles. The number of ketones is 1. The summed E-state index contributed by atoms with van der Waals surface area (Å²) in [6.45, 7) is 0. The number of allylic oxidation sites excluding steroid dienone is 1. The van der Waals surface area contributed by atoms with Crippen LogP contribution in [0.2, 0.25) is 0 Å². The van der Waals surface area contributed by atoms with E-state index in [4.69, 9.17) is 14.2 Å². The Labute approximate surface area is 205 Å². The van der Waals surface area contributed by atoms with Crippen molar-refractivity contribution in [2.24, 2.45) is 0 Å². The third-order valence-corrected chi connectivity index (χ3v) is 6.44. The number of aromatic nitrogens is 1. The number of pyridine rings is 1. The van der Waals surface area contributed by atoms with E-state index >= 15 is 0 Å².